The molecule has 1 atom stereocenters. The van der Waals surface area contributed by atoms with E-state index >= 15 is 0 Å². The van der Waals surface area contributed by atoms with Gasteiger partial charge in [0.15, 0.2) is 5.82 Å². The maximum Gasteiger partial charge on any atom is 0.282 e. The monoisotopic (exact) mass is 350 g/mol. The predicted octanol–water partition coefficient (Wildman–Crippen LogP) is 1.51. The van der Waals surface area contributed by atoms with E-state index in [1.165, 1.54) is 8.61 Å². The molecule has 1 unspecified atom stereocenters. The highest BCUT2D eigenvalue weighted by Gasteiger charge is 2.36. The maximum atomic E-state index is 12.6. The number of aromatic nitrogens is 4. The Kier molecular flexibility index (Phi) is 4.66. The van der Waals surface area contributed by atoms with Gasteiger partial charge in [-0.1, -0.05) is 6.42 Å². The van der Waals surface area contributed by atoms with Crippen molar-refractivity contribution >= 4 is 10.2 Å². The number of rotatable bonds is 4. The Bertz CT molecular complexity index is 803. The zero-order chi connectivity index (χ0) is 17.3. The van der Waals surface area contributed by atoms with E-state index in [4.69, 9.17) is 0 Å². The molecule has 0 spiro atoms. The van der Waals surface area contributed by atoms with Crippen molar-refractivity contribution in [3.8, 4) is 11.5 Å². The molecule has 0 radical (unpaired) electrons. The van der Waals surface area contributed by atoms with Crippen LogP contribution in [0, 0.1) is 6.92 Å². The van der Waals surface area contributed by atoms with Gasteiger partial charge in [-0.05, 0) is 25.8 Å². The minimum atomic E-state index is -3.51. The number of nitrogens with zero attached hydrogens (tertiary/aromatic N) is 5. The summed E-state index contributed by atoms with van der Waals surface area (Å²) in [6.07, 6.45) is 5.91. The lowest BCUT2D eigenvalue weighted by molar-refractivity contribution is 0.234. The molecule has 0 aromatic carbocycles. The summed E-state index contributed by atoms with van der Waals surface area (Å²) in [7, 11) is -0.418. The topological polar surface area (TPSA) is 95.1 Å². The molecular weight excluding hydrogens is 328 g/mol. The van der Waals surface area contributed by atoms with Crippen LogP contribution in [0.3, 0.4) is 0 Å². The summed E-state index contributed by atoms with van der Waals surface area (Å²) in [5.74, 6) is 1.19. The normalized spacial score (nSPS) is 19.8. The Labute approximate surface area is 142 Å². The first-order valence-corrected chi connectivity index (χ1v) is 9.34. The molecule has 2 aromatic rings. The van der Waals surface area contributed by atoms with Crippen molar-refractivity contribution in [2.24, 2.45) is 0 Å². The second-order valence-corrected chi connectivity index (χ2v) is 8.20. The van der Waals surface area contributed by atoms with Crippen LogP contribution in [0.4, 0.5) is 0 Å². The fraction of sp³-hybridized carbons (Fsp3) is 0.533. The minimum Gasteiger partial charge on any atom is -0.343 e. The lowest BCUT2D eigenvalue weighted by Gasteiger charge is -2.35. The highest BCUT2D eigenvalue weighted by Crippen LogP contribution is 2.32. The number of hydrogen-bond acceptors (Lipinski definition) is 5. The average molecular weight is 350 g/mol. The number of piperidine rings is 1. The molecule has 130 valence electrons. The van der Waals surface area contributed by atoms with E-state index in [-0.39, 0.29) is 6.04 Å². The van der Waals surface area contributed by atoms with Crippen molar-refractivity contribution in [2.45, 2.75) is 32.2 Å². The Morgan fingerprint density at radius 2 is 2.08 bits per heavy atom. The van der Waals surface area contributed by atoms with E-state index in [9.17, 15) is 8.42 Å². The van der Waals surface area contributed by atoms with Crippen molar-refractivity contribution in [2.75, 3.05) is 20.6 Å². The lowest BCUT2D eigenvalue weighted by Crippen LogP contribution is -2.45. The molecule has 0 saturated carbocycles. The summed E-state index contributed by atoms with van der Waals surface area (Å²) in [4.78, 5) is 16.4. The molecule has 1 saturated heterocycles. The van der Waals surface area contributed by atoms with Crippen LogP contribution in [-0.2, 0) is 10.2 Å². The summed E-state index contributed by atoms with van der Waals surface area (Å²) >= 11 is 0. The van der Waals surface area contributed by atoms with Gasteiger partial charge in [0.05, 0.1) is 6.04 Å². The van der Waals surface area contributed by atoms with Gasteiger partial charge in [0, 0.05) is 38.7 Å². The summed E-state index contributed by atoms with van der Waals surface area (Å²) < 4.78 is 28.0. The van der Waals surface area contributed by atoms with Gasteiger partial charge in [-0.15, -0.1) is 0 Å². The van der Waals surface area contributed by atoms with Crippen LogP contribution in [-0.4, -0.2) is 57.6 Å². The Hall–Kier alpha value is -1.84. The molecule has 3 heterocycles. The molecule has 9 heteroatoms. The van der Waals surface area contributed by atoms with E-state index in [1.807, 2.05) is 13.0 Å². The van der Waals surface area contributed by atoms with Crippen LogP contribution in [0.1, 0.15) is 36.8 Å². The standard InChI is InChI=1S/C15H22N6O2S/c1-11-10-12(14-16-7-8-17-14)19-15(18-11)13-6-4-5-9-21(13)24(22,23)20(2)3/h7-8,10,13H,4-6,9H2,1-3H3,(H,16,17). The Morgan fingerprint density at radius 3 is 2.75 bits per heavy atom. The number of H-pyrrole nitrogens is 1. The van der Waals surface area contributed by atoms with Gasteiger partial charge in [0.1, 0.15) is 11.5 Å². The molecule has 8 nitrogen and oxygen atoms in total. The van der Waals surface area contributed by atoms with E-state index in [0.29, 0.717) is 30.3 Å². The van der Waals surface area contributed by atoms with Crippen LogP contribution >= 0.6 is 0 Å². The van der Waals surface area contributed by atoms with E-state index in [1.54, 1.807) is 26.5 Å². The molecule has 1 N–H and O–H groups in total. The van der Waals surface area contributed by atoms with E-state index in [0.717, 1.165) is 18.5 Å². The van der Waals surface area contributed by atoms with Gasteiger partial charge in [-0.2, -0.15) is 17.0 Å². The molecule has 1 fully saturated rings. The quantitative estimate of drug-likeness (QED) is 0.902. The molecule has 0 bridgehead atoms. The predicted molar refractivity (Wildman–Crippen MR) is 90.3 cm³/mol. The summed E-state index contributed by atoms with van der Waals surface area (Å²) in [6, 6.07) is 1.50. The van der Waals surface area contributed by atoms with Crippen LogP contribution in [0.15, 0.2) is 18.5 Å². The highest BCUT2D eigenvalue weighted by molar-refractivity contribution is 7.86. The molecule has 0 aliphatic carbocycles. The fourth-order valence-corrected chi connectivity index (χ4v) is 4.22. The molecule has 1 aliphatic heterocycles. The Morgan fingerprint density at radius 1 is 1.29 bits per heavy atom. The summed E-state index contributed by atoms with van der Waals surface area (Å²) in [5, 5.41) is 0. The zero-order valence-corrected chi connectivity index (χ0v) is 14.9. The number of hydrogen-bond donors (Lipinski definition) is 1. The summed E-state index contributed by atoms with van der Waals surface area (Å²) in [6.45, 7) is 2.36. The largest absolute Gasteiger partial charge is 0.343 e. The van der Waals surface area contributed by atoms with Crippen LogP contribution in [0.5, 0.6) is 0 Å². The van der Waals surface area contributed by atoms with Crippen LogP contribution in [0.25, 0.3) is 11.5 Å². The first-order valence-electron chi connectivity index (χ1n) is 7.94. The zero-order valence-electron chi connectivity index (χ0n) is 14.1. The third-order valence-electron chi connectivity index (χ3n) is 4.12. The van der Waals surface area contributed by atoms with Crippen molar-refractivity contribution < 1.29 is 8.42 Å². The van der Waals surface area contributed by atoms with Crippen molar-refractivity contribution in [3.63, 3.8) is 0 Å². The number of aromatic amines is 1. The van der Waals surface area contributed by atoms with Gasteiger partial charge >= 0.3 is 0 Å². The lowest BCUT2D eigenvalue weighted by atomic mass is 10.0. The third-order valence-corrected chi connectivity index (χ3v) is 6.07. The third kappa shape index (κ3) is 3.19. The number of nitrogens with one attached hydrogen (secondary N) is 1. The maximum absolute atomic E-state index is 12.6. The molecule has 1 aliphatic rings. The van der Waals surface area contributed by atoms with Gasteiger partial charge in [0.2, 0.25) is 0 Å². The van der Waals surface area contributed by atoms with Crippen molar-refractivity contribution in [1.29, 1.82) is 0 Å². The molecule has 0 amide bonds. The van der Waals surface area contributed by atoms with Gasteiger partial charge in [-0.25, -0.2) is 15.0 Å². The smallest absolute Gasteiger partial charge is 0.282 e. The fourth-order valence-electron chi connectivity index (χ4n) is 2.92. The van der Waals surface area contributed by atoms with Gasteiger partial charge < -0.3 is 4.98 Å². The summed E-state index contributed by atoms with van der Waals surface area (Å²) in [5.41, 5.74) is 1.47. The molecule has 3 rings (SSSR count). The highest BCUT2D eigenvalue weighted by atomic mass is 32.2. The first kappa shape index (κ1) is 17.0. The van der Waals surface area contributed by atoms with Gasteiger partial charge in [0.25, 0.3) is 10.2 Å². The first-order chi connectivity index (χ1) is 11.4. The second-order valence-electron chi connectivity index (χ2n) is 6.10. The average Bonchev–Trinajstić information content (AvgIpc) is 3.08. The van der Waals surface area contributed by atoms with Crippen molar-refractivity contribution in [3.05, 3.63) is 30.0 Å². The number of imidazole rings is 1. The second kappa shape index (κ2) is 6.58. The SMILES string of the molecule is Cc1cc(-c2ncc[nH]2)nc(C2CCCCN2S(=O)(=O)N(C)C)n1. The van der Waals surface area contributed by atoms with E-state index < -0.39 is 10.2 Å². The Balaban J connectivity index is 2.03. The van der Waals surface area contributed by atoms with Gasteiger partial charge in [-0.3, -0.25) is 0 Å². The molecule has 24 heavy (non-hydrogen) atoms. The number of aryl methyl sites for hydroxylation is 1. The van der Waals surface area contributed by atoms with E-state index in [2.05, 4.69) is 19.9 Å². The van der Waals surface area contributed by atoms with Crippen molar-refractivity contribution in [1.82, 2.24) is 28.5 Å². The minimum absolute atomic E-state index is 0.347. The molecule has 2 aromatic heterocycles. The van der Waals surface area contributed by atoms with Crippen LogP contribution < -0.4 is 0 Å². The van der Waals surface area contributed by atoms with Crippen LogP contribution in [0.2, 0.25) is 0 Å². The molecular formula is C15H22N6O2S.